The topological polar surface area (TPSA) is 64.3 Å². The van der Waals surface area contributed by atoms with Gasteiger partial charge >= 0.3 is 5.97 Å². The third-order valence-corrected chi connectivity index (χ3v) is 2.03. The van der Waals surface area contributed by atoms with Gasteiger partial charge in [0.25, 0.3) is 0 Å². The maximum atomic E-state index is 11.1. The van der Waals surface area contributed by atoms with Crippen LogP contribution in [-0.2, 0) is 11.3 Å². The summed E-state index contributed by atoms with van der Waals surface area (Å²) in [6.45, 7) is 2.18. The molecule has 4 heteroatoms. The lowest BCUT2D eigenvalue weighted by Gasteiger charge is -2.04. The first-order valence-corrected chi connectivity index (χ1v) is 4.86. The van der Waals surface area contributed by atoms with Crippen LogP contribution in [0.2, 0.25) is 0 Å². The fraction of sp³-hybridized carbons (Fsp3) is 0.364. The molecule has 0 spiro atoms. The molecule has 0 bridgehead atoms. The molecule has 0 aliphatic rings. The molecule has 1 aromatic carbocycles. The van der Waals surface area contributed by atoms with Crippen molar-refractivity contribution in [1.82, 2.24) is 5.32 Å². The van der Waals surface area contributed by atoms with Crippen molar-refractivity contribution in [1.29, 1.82) is 0 Å². The monoisotopic (exact) mass is 208 g/mol. The zero-order valence-corrected chi connectivity index (χ0v) is 8.82. The van der Waals surface area contributed by atoms with Gasteiger partial charge in [0.05, 0.1) is 12.7 Å². The van der Waals surface area contributed by atoms with Gasteiger partial charge in [-0.25, -0.2) is 4.79 Å². The molecule has 0 saturated carbocycles. The van der Waals surface area contributed by atoms with Crippen LogP contribution >= 0.6 is 0 Å². The summed E-state index contributed by atoms with van der Waals surface area (Å²) in [5.74, 6) is -0.309. The third kappa shape index (κ3) is 3.69. The van der Waals surface area contributed by atoms with Crippen LogP contribution in [0.3, 0.4) is 0 Å². The largest absolute Gasteiger partial charge is 0.465 e. The molecule has 0 fully saturated rings. The van der Waals surface area contributed by atoms with E-state index in [9.17, 15) is 4.79 Å². The molecule has 0 aliphatic heterocycles. The van der Waals surface area contributed by atoms with E-state index in [2.05, 4.69) is 10.1 Å². The zero-order chi connectivity index (χ0) is 11.1. The lowest BCUT2D eigenvalue weighted by atomic mass is 10.1. The molecule has 0 unspecified atom stereocenters. The molecular formula is C11H16N2O2. The van der Waals surface area contributed by atoms with Gasteiger partial charge in [-0.1, -0.05) is 12.1 Å². The smallest absolute Gasteiger partial charge is 0.337 e. The first-order chi connectivity index (χ1) is 7.27. The molecule has 82 valence electrons. The second-order valence-electron chi connectivity index (χ2n) is 3.15. The number of methoxy groups -OCH3 is 1. The van der Waals surface area contributed by atoms with Gasteiger partial charge in [0.1, 0.15) is 0 Å². The molecule has 0 heterocycles. The molecule has 0 radical (unpaired) electrons. The fourth-order valence-electron chi connectivity index (χ4n) is 1.21. The highest BCUT2D eigenvalue weighted by atomic mass is 16.5. The Morgan fingerprint density at radius 3 is 2.60 bits per heavy atom. The van der Waals surface area contributed by atoms with Crippen LogP contribution < -0.4 is 11.1 Å². The molecular weight excluding hydrogens is 192 g/mol. The Morgan fingerprint density at radius 1 is 1.40 bits per heavy atom. The maximum Gasteiger partial charge on any atom is 0.337 e. The Balaban J connectivity index is 2.52. The van der Waals surface area contributed by atoms with E-state index in [0.717, 1.165) is 18.7 Å². The van der Waals surface area contributed by atoms with E-state index in [-0.39, 0.29) is 5.97 Å². The average Bonchev–Trinajstić information content (AvgIpc) is 2.29. The van der Waals surface area contributed by atoms with Gasteiger partial charge in [-0.3, -0.25) is 0 Å². The summed E-state index contributed by atoms with van der Waals surface area (Å²) in [4.78, 5) is 11.1. The van der Waals surface area contributed by atoms with Crippen molar-refractivity contribution in [3.8, 4) is 0 Å². The number of benzene rings is 1. The summed E-state index contributed by atoms with van der Waals surface area (Å²) < 4.78 is 4.60. The number of hydrogen-bond acceptors (Lipinski definition) is 4. The minimum absolute atomic E-state index is 0.309. The number of rotatable bonds is 5. The number of nitrogens with one attached hydrogen (secondary N) is 1. The van der Waals surface area contributed by atoms with Crippen LogP contribution in [0, 0.1) is 0 Å². The SMILES string of the molecule is COC(=O)c1ccc(CNCCN)cc1. The van der Waals surface area contributed by atoms with Gasteiger partial charge < -0.3 is 15.8 Å². The van der Waals surface area contributed by atoms with Crippen LogP contribution in [0.4, 0.5) is 0 Å². The van der Waals surface area contributed by atoms with Crippen molar-refractivity contribution < 1.29 is 9.53 Å². The summed E-state index contributed by atoms with van der Waals surface area (Å²) in [5.41, 5.74) is 7.04. The molecule has 0 amide bonds. The highest BCUT2D eigenvalue weighted by Gasteiger charge is 2.03. The zero-order valence-electron chi connectivity index (χ0n) is 8.82. The van der Waals surface area contributed by atoms with Crippen LogP contribution in [-0.4, -0.2) is 26.2 Å². The van der Waals surface area contributed by atoms with Crippen LogP contribution in [0.1, 0.15) is 15.9 Å². The van der Waals surface area contributed by atoms with E-state index in [1.54, 1.807) is 12.1 Å². The van der Waals surface area contributed by atoms with E-state index in [1.165, 1.54) is 7.11 Å². The minimum atomic E-state index is -0.309. The van der Waals surface area contributed by atoms with Crippen molar-refractivity contribution in [3.63, 3.8) is 0 Å². The predicted octanol–water partition coefficient (Wildman–Crippen LogP) is 0.521. The number of nitrogens with two attached hydrogens (primary N) is 1. The second kappa shape index (κ2) is 6.16. The van der Waals surface area contributed by atoms with Gasteiger partial charge in [0, 0.05) is 19.6 Å². The number of hydrogen-bond donors (Lipinski definition) is 2. The third-order valence-electron chi connectivity index (χ3n) is 2.03. The fourth-order valence-corrected chi connectivity index (χ4v) is 1.21. The number of carbonyl (C=O) groups excluding carboxylic acids is 1. The van der Waals surface area contributed by atoms with Crippen molar-refractivity contribution in [3.05, 3.63) is 35.4 Å². The number of carbonyl (C=O) groups is 1. The lowest BCUT2D eigenvalue weighted by Crippen LogP contribution is -2.21. The summed E-state index contributed by atoms with van der Waals surface area (Å²) in [6.07, 6.45) is 0. The first kappa shape index (κ1) is 11.7. The first-order valence-electron chi connectivity index (χ1n) is 4.86. The molecule has 3 N–H and O–H groups in total. The predicted molar refractivity (Wildman–Crippen MR) is 58.5 cm³/mol. The Labute approximate surface area is 89.4 Å². The van der Waals surface area contributed by atoms with Crippen LogP contribution in [0.25, 0.3) is 0 Å². The van der Waals surface area contributed by atoms with E-state index < -0.39 is 0 Å². The molecule has 0 saturated heterocycles. The van der Waals surface area contributed by atoms with Crippen LogP contribution in [0.15, 0.2) is 24.3 Å². The average molecular weight is 208 g/mol. The normalized spacial score (nSPS) is 10.0. The van der Waals surface area contributed by atoms with E-state index in [0.29, 0.717) is 12.1 Å². The Bertz CT molecular complexity index is 309. The van der Waals surface area contributed by atoms with Crippen molar-refractivity contribution in [2.45, 2.75) is 6.54 Å². The number of esters is 1. The highest BCUT2D eigenvalue weighted by molar-refractivity contribution is 5.89. The molecule has 4 nitrogen and oxygen atoms in total. The Kier molecular flexibility index (Phi) is 4.80. The van der Waals surface area contributed by atoms with E-state index in [1.807, 2.05) is 12.1 Å². The molecule has 0 aromatic heterocycles. The Morgan fingerprint density at radius 2 is 2.07 bits per heavy atom. The van der Waals surface area contributed by atoms with Gasteiger partial charge in [-0.05, 0) is 17.7 Å². The number of ether oxygens (including phenoxy) is 1. The molecule has 15 heavy (non-hydrogen) atoms. The maximum absolute atomic E-state index is 11.1. The molecule has 1 rings (SSSR count). The minimum Gasteiger partial charge on any atom is -0.465 e. The van der Waals surface area contributed by atoms with Gasteiger partial charge in [-0.2, -0.15) is 0 Å². The quantitative estimate of drug-likeness (QED) is 0.547. The van der Waals surface area contributed by atoms with E-state index in [4.69, 9.17) is 5.73 Å². The lowest BCUT2D eigenvalue weighted by molar-refractivity contribution is 0.0600. The highest BCUT2D eigenvalue weighted by Crippen LogP contribution is 2.05. The summed E-state index contributed by atoms with van der Waals surface area (Å²) in [6, 6.07) is 7.31. The summed E-state index contributed by atoms with van der Waals surface area (Å²) in [5, 5.41) is 3.17. The van der Waals surface area contributed by atoms with Gasteiger partial charge in [0.2, 0.25) is 0 Å². The summed E-state index contributed by atoms with van der Waals surface area (Å²) >= 11 is 0. The van der Waals surface area contributed by atoms with Gasteiger partial charge in [0.15, 0.2) is 0 Å². The van der Waals surface area contributed by atoms with Crippen molar-refractivity contribution in [2.75, 3.05) is 20.2 Å². The Hall–Kier alpha value is -1.39. The second-order valence-corrected chi connectivity index (χ2v) is 3.15. The van der Waals surface area contributed by atoms with Crippen molar-refractivity contribution in [2.24, 2.45) is 5.73 Å². The molecule has 0 atom stereocenters. The standard InChI is InChI=1S/C11H16N2O2/c1-15-11(14)10-4-2-9(3-5-10)8-13-7-6-12/h2-5,13H,6-8,12H2,1H3. The van der Waals surface area contributed by atoms with Crippen molar-refractivity contribution >= 4 is 5.97 Å². The van der Waals surface area contributed by atoms with Gasteiger partial charge in [-0.15, -0.1) is 0 Å². The summed E-state index contributed by atoms with van der Waals surface area (Å²) in [7, 11) is 1.37. The van der Waals surface area contributed by atoms with E-state index >= 15 is 0 Å². The van der Waals surface area contributed by atoms with Crippen LogP contribution in [0.5, 0.6) is 0 Å². The molecule has 0 aliphatic carbocycles. The molecule has 1 aromatic rings.